The molecule has 0 saturated carbocycles. The van der Waals surface area contributed by atoms with Gasteiger partial charge in [0.1, 0.15) is 5.75 Å². The van der Waals surface area contributed by atoms with Gasteiger partial charge in [0.25, 0.3) is 0 Å². The number of rotatable bonds is 3. The molecule has 1 aromatic carbocycles. The summed E-state index contributed by atoms with van der Waals surface area (Å²) in [6, 6.07) is 8.85. The molecule has 0 amide bonds. The molecule has 1 unspecified atom stereocenters. The molecule has 1 aliphatic heterocycles. The van der Waals surface area contributed by atoms with Crippen LogP contribution in [-0.2, 0) is 0 Å². The quantitative estimate of drug-likeness (QED) is 0.819. The third-order valence-electron chi connectivity index (χ3n) is 2.83. The molecule has 0 radical (unpaired) electrons. The molecule has 1 atom stereocenters. The van der Waals surface area contributed by atoms with Gasteiger partial charge in [-0.3, -0.25) is 0 Å². The molecular weight excluding hydrogens is 186 g/mol. The van der Waals surface area contributed by atoms with Gasteiger partial charge in [0.05, 0.1) is 6.61 Å². The first-order chi connectivity index (χ1) is 7.42. The lowest BCUT2D eigenvalue weighted by atomic mass is 10.0. The summed E-state index contributed by atoms with van der Waals surface area (Å²) in [6.45, 7) is 4.13. The van der Waals surface area contributed by atoms with E-state index >= 15 is 0 Å². The Labute approximate surface area is 91.6 Å². The standard InChI is InChI=1S/C13H19NO/c1-2-9-14-12-7-5-10-15-13-8-4-3-6-11(12)13/h3-4,6,8,12,14H,2,5,7,9-10H2,1H3. The van der Waals surface area contributed by atoms with E-state index in [1.165, 1.54) is 18.4 Å². The number of hydrogen-bond acceptors (Lipinski definition) is 2. The fourth-order valence-corrected chi connectivity index (χ4v) is 2.06. The molecule has 1 N–H and O–H groups in total. The first-order valence-corrected chi connectivity index (χ1v) is 5.87. The van der Waals surface area contributed by atoms with Crippen LogP contribution in [0.4, 0.5) is 0 Å². The zero-order valence-electron chi connectivity index (χ0n) is 9.33. The monoisotopic (exact) mass is 205 g/mol. The molecule has 15 heavy (non-hydrogen) atoms. The largest absolute Gasteiger partial charge is 0.493 e. The Balaban J connectivity index is 2.17. The number of benzene rings is 1. The highest BCUT2D eigenvalue weighted by Crippen LogP contribution is 2.30. The van der Waals surface area contributed by atoms with E-state index in [-0.39, 0.29) is 0 Å². The van der Waals surface area contributed by atoms with Crippen molar-refractivity contribution in [3.63, 3.8) is 0 Å². The smallest absolute Gasteiger partial charge is 0.124 e. The molecule has 0 aromatic heterocycles. The van der Waals surface area contributed by atoms with E-state index in [0.717, 1.165) is 25.3 Å². The summed E-state index contributed by atoms with van der Waals surface area (Å²) in [6.07, 6.45) is 3.49. The predicted molar refractivity (Wildman–Crippen MR) is 62.2 cm³/mol. The Bertz CT molecular complexity index is 311. The molecule has 0 spiro atoms. The zero-order chi connectivity index (χ0) is 10.5. The van der Waals surface area contributed by atoms with E-state index in [9.17, 15) is 0 Å². The highest BCUT2D eigenvalue weighted by atomic mass is 16.5. The highest BCUT2D eigenvalue weighted by molar-refractivity contribution is 5.36. The third-order valence-corrected chi connectivity index (χ3v) is 2.83. The minimum absolute atomic E-state index is 0.476. The van der Waals surface area contributed by atoms with Gasteiger partial charge >= 0.3 is 0 Å². The van der Waals surface area contributed by atoms with Gasteiger partial charge < -0.3 is 10.1 Å². The van der Waals surface area contributed by atoms with Crippen LogP contribution >= 0.6 is 0 Å². The van der Waals surface area contributed by atoms with Crippen molar-refractivity contribution in [3.05, 3.63) is 29.8 Å². The van der Waals surface area contributed by atoms with Crippen LogP contribution in [0.25, 0.3) is 0 Å². The zero-order valence-corrected chi connectivity index (χ0v) is 9.33. The van der Waals surface area contributed by atoms with Crippen molar-refractivity contribution in [2.75, 3.05) is 13.2 Å². The van der Waals surface area contributed by atoms with Gasteiger partial charge in [0.2, 0.25) is 0 Å². The average Bonchev–Trinajstić information content (AvgIpc) is 2.49. The Morgan fingerprint density at radius 3 is 3.13 bits per heavy atom. The molecule has 2 rings (SSSR count). The highest BCUT2D eigenvalue weighted by Gasteiger charge is 2.17. The second-order valence-electron chi connectivity index (χ2n) is 4.04. The van der Waals surface area contributed by atoms with Gasteiger partial charge in [-0.1, -0.05) is 25.1 Å². The van der Waals surface area contributed by atoms with E-state index in [1.807, 2.05) is 6.07 Å². The Kier molecular flexibility index (Phi) is 3.62. The van der Waals surface area contributed by atoms with Crippen LogP contribution in [0.5, 0.6) is 5.75 Å². The van der Waals surface area contributed by atoms with Crippen molar-refractivity contribution in [1.82, 2.24) is 5.32 Å². The lowest BCUT2D eigenvalue weighted by Gasteiger charge is -2.17. The fraction of sp³-hybridized carbons (Fsp3) is 0.538. The third kappa shape index (κ3) is 2.51. The van der Waals surface area contributed by atoms with Crippen molar-refractivity contribution in [1.29, 1.82) is 0 Å². The molecule has 2 heteroatoms. The van der Waals surface area contributed by atoms with E-state index in [1.54, 1.807) is 0 Å². The molecule has 0 saturated heterocycles. The summed E-state index contributed by atoms with van der Waals surface area (Å²) in [5, 5.41) is 3.59. The van der Waals surface area contributed by atoms with Crippen LogP contribution in [0.3, 0.4) is 0 Å². The van der Waals surface area contributed by atoms with Gasteiger partial charge in [-0.15, -0.1) is 0 Å². The number of nitrogens with one attached hydrogen (secondary N) is 1. The number of para-hydroxylation sites is 1. The van der Waals surface area contributed by atoms with E-state index in [4.69, 9.17) is 4.74 Å². The summed E-state index contributed by atoms with van der Waals surface area (Å²) in [5.74, 6) is 1.06. The molecule has 0 bridgehead atoms. The van der Waals surface area contributed by atoms with E-state index < -0.39 is 0 Å². The normalized spacial score (nSPS) is 20.2. The first-order valence-electron chi connectivity index (χ1n) is 5.87. The Hall–Kier alpha value is -1.02. The first kappa shape index (κ1) is 10.5. The number of ether oxygens (including phenoxy) is 1. The SMILES string of the molecule is CCCNC1CCCOc2ccccc21. The van der Waals surface area contributed by atoms with Crippen molar-refractivity contribution in [3.8, 4) is 5.75 Å². The molecule has 0 fully saturated rings. The van der Waals surface area contributed by atoms with E-state index in [0.29, 0.717) is 6.04 Å². The lowest BCUT2D eigenvalue weighted by Crippen LogP contribution is -2.21. The van der Waals surface area contributed by atoms with Gasteiger partial charge in [0.15, 0.2) is 0 Å². The summed E-state index contributed by atoms with van der Waals surface area (Å²) in [4.78, 5) is 0. The maximum Gasteiger partial charge on any atom is 0.124 e. The molecule has 2 nitrogen and oxygen atoms in total. The van der Waals surface area contributed by atoms with Crippen LogP contribution < -0.4 is 10.1 Å². The topological polar surface area (TPSA) is 21.3 Å². The van der Waals surface area contributed by atoms with Gasteiger partial charge in [0, 0.05) is 11.6 Å². The van der Waals surface area contributed by atoms with Crippen LogP contribution in [0.2, 0.25) is 0 Å². The molecular formula is C13H19NO. The molecule has 1 aliphatic rings. The summed E-state index contributed by atoms with van der Waals surface area (Å²) >= 11 is 0. The van der Waals surface area contributed by atoms with Gasteiger partial charge in [-0.05, 0) is 31.9 Å². The van der Waals surface area contributed by atoms with E-state index in [2.05, 4.69) is 30.4 Å². The van der Waals surface area contributed by atoms with Crippen molar-refractivity contribution in [2.45, 2.75) is 32.2 Å². The summed E-state index contributed by atoms with van der Waals surface area (Å²) in [7, 11) is 0. The van der Waals surface area contributed by atoms with Crippen LogP contribution in [-0.4, -0.2) is 13.2 Å². The molecule has 0 aliphatic carbocycles. The summed E-state index contributed by atoms with van der Waals surface area (Å²) < 4.78 is 5.72. The number of fused-ring (bicyclic) bond motifs is 1. The molecule has 1 aromatic rings. The molecule has 1 heterocycles. The number of hydrogen-bond donors (Lipinski definition) is 1. The van der Waals surface area contributed by atoms with Crippen molar-refractivity contribution in [2.24, 2.45) is 0 Å². The fourth-order valence-electron chi connectivity index (χ4n) is 2.06. The minimum Gasteiger partial charge on any atom is -0.493 e. The molecule has 82 valence electrons. The van der Waals surface area contributed by atoms with Crippen LogP contribution in [0.1, 0.15) is 37.8 Å². The average molecular weight is 205 g/mol. The second-order valence-corrected chi connectivity index (χ2v) is 4.04. The van der Waals surface area contributed by atoms with Crippen molar-refractivity contribution >= 4 is 0 Å². The minimum atomic E-state index is 0.476. The van der Waals surface area contributed by atoms with Gasteiger partial charge in [-0.25, -0.2) is 0 Å². The second kappa shape index (κ2) is 5.17. The Morgan fingerprint density at radius 1 is 1.40 bits per heavy atom. The lowest BCUT2D eigenvalue weighted by molar-refractivity contribution is 0.315. The Morgan fingerprint density at radius 2 is 2.27 bits per heavy atom. The predicted octanol–water partition coefficient (Wildman–Crippen LogP) is 2.90. The van der Waals surface area contributed by atoms with Crippen LogP contribution in [0.15, 0.2) is 24.3 Å². The maximum atomic E-state index is 5.72. The maximum absolute atomic E-state index is 5.72. The van der Waals surface area contributed by atoms with Crippen LogP contribution in [0, 0.1) is 0 Å². The summed E-state index contributed by atoms with van der Waals surface area (Å²) in [5.41, 5.74) is 1.32. The van der Waals surface area contributed by atoms with Crippen molar-refractivity contribution < 1.29 is 4.74 Å². The van der Waals surface area contributed by atoms with Gasteiger partial charge in [-0.2, -0.15) is 0 Å².